The van der Waals surface area contributed by atoms with E-state index in [0.717, 1.165) is 10.3 Å². The first kappa shape index (κ1) is 16.6. The molecule has 8 nitrogen and oxygen atoms in total. The molecule has 0 aliphatic heterocycles. The summed E-state index contributed by atoms with van der Waals surface area (Å²) in [5.41, 5.74) is -0.152. The molecule has 0 unspecified atom stereocenters. The number of hydrogen-bond acceptors (Lipinski definition) is 6. The van der Waals surface area contributed by atoms with Crippen molar-refractivity contribution in [1.29, 1.82) is 0 Å². The van der Waals surface area contributed by atoms with Crippen LogP contribution < -0.4 is 16.0 Å². The quantitative estimate of drug-likeness (QED) is 0.613. The van der Waals surface area contributed by atoms with Gasteiger partial charge in [0.1, 0.15) is 11.6 Å². The normalized spacial score (nSPS) is 11.1. The summed E-state index contributed by atoms with van der Waals surface area (Å²) in [5, 5.41) is 8.81. The first-order chi connectivity index (χ1) is 11.0. The maximum Gasteiger partial charge on any atom is 0.332 e. The molecule has 23 heavy (non-hydrogen) atoms. The van der Waals surface area contributed by atoms with E-state index in [4.69, 9.17) is 9.84 Å². The van der Waals surface area contributed by atoms with E-state index in [1.807, 2.05) is 6.92 Å². The van der Waals surface area contributed by atoms with Gasteiger partial charge in [0.25, 0.3) is 5.56 Å². The topological polar surface area (TPSA) is 98.7 Å². The number of aliphatic hydroxyl groups is 1. The summed E-state index contributed by atoms with van der Waals surface area (Å²) in [5.74, 6) is 0.744. The molecule has 0 atom stereocenters. The minimum atomic E-state index is -0.488. The fourth-order valence-corrected chi connectivity index (χ4v) is 1.95. The van der Waals surface area contributed by atoms with Gasteiger partial charge in [-0.15, -0.1) is 0 Å². The summed E-state index contributed by atoms with van der Waals surface area (Å²) in [6, 6.07) is 4.65. The number of ether oxygens (including phenoxy) is 1. The third-order valence-electron chi connectivity index (χ3n) is 3.16. The molecule has 122 valence electrons. The van der Waals surface area contributed by atoms with E-state index >= 15 is 0 Å². The van der Waals surface area contributed by atoms with Crippen LogP contribution in [0.15, 0.2) is 39.0 Å². The summed E-state index contributed by atoms with van der Waals surface area (Å²) in [6.45, 7) is 1.91. The zero-order valence-electron chi connectivity index (χ0n) is 13.0. The molecule has 0 aliphatic rings. The fraction of sp³-hybridized carbons (Fsp3) is 0.333. The van der Waals surface area contributed by atoms with Crippen molar-refractivity contribution in [3.8, 4) is 5.75 Å². The van der Waals surface area contributed by atoms with E-state index in [1.165, 1.54) is 24.1 Å². The second-order valence-electron chi connectivity index (χ2n) is 4.90. The predicted octanol–water partition coefficient (Wildman–Crippen LogP) is 0.372. The second-order valence-corrected chi connectivity index (χ2v) is 4.90. The molecule has 0 radical (unpaired) electrons. The third-order valence-corrected chi connectivity index (χ3v) is 3.16. The molecule has 1 N–H and O–H groups in total. The molecule has 0 saturated carbocycles. The van der Waals surface area contributed by atoms with E-state index < -0.39 is 11.2 Å². The maximum absolute atomic E-state index is 12.1. The van der Waals surface area contributed by atoms with Crippen LogP contribution in [0.25, 0.3) is 0 Å². The Balaban J connectivity index is 2.22. The predicted molar refractivity (Wildman–Crippen MR) is 85.4 cm³/mol. The maximum atomic E-state index is 12.1. The summed E-state index contributed by atoms with van der Waals surface area (Å²) in [4.78, 5) is 32.1. The monoisotopic (exact) mass is 318 g/mol. The first-order valence-corrected chi connectivity index (χ1v) is 7.06. The van der Waals surface area contributed by atoms with Crippen molar-refractivity contribution >= 4 is 12.2 Å². The summed E-state index contributed by atoms with van der Waals surface area (Å²) < 4.78 is 7.64. The number of rotatable bonds is 6. The number of aromatic nitrogens is 3. The summed E-state index contributed by atoms with van der Waals surface area (Å²) >= 11 is 0. The highest BCUT2D eigenvalue weighted by molar-refractivity contribution is 5.56. The summed E-state index contributed by atoms with van der Waals surface area (Å²) in [7, 11) is 1.51. The molecule has 0 aliphatic carbocycles. The Kier molecular flexibility index (Phi) is 5.42. The minimum absolute atomic E-state index is 0.0886. The van der Waals surface area contributed by atoms with Gasteiger partial charge in [0.2, 0.25) is 0 Å². The number of pyridine rings is 1. The number of hydrogen-bond donors (Lipinski definition) is 1. The average Bonchev–Trinajstić information content (AvgIpc) is 2.52. The van der Waals surface area contributed by atoms with Gasteiger partial charge in [0.15, 0.2) is 6.40 Å². The van der Waals surface area contributed by atoms with E-state index in [9.17, 15) is 9.59 Å². The molecular weight excluding hydrogens is 300 g/mol. The molecule has 2 heterocycles. The van der Waals surface area contributed by atoms with Gasteiger partial charge in [0, 0.05) is 44.2 Å². The van der Waals surface area contributed by atoms with Crippen LogP contribution in [0, 0.1) is 6.92 Å². The van der Waals surface area contributed by atoms with Crippen molar-refractivity contribution < 1.29 is 9.84 Å². The summed E-state index contributed by atoms with van der Waals surface area (Å²) in [6.07, 6.45) is 3.11. The standard InChI is InChI=1S/C15H18N4O4/c1-11-8-12(4-5-16-11)23-10-17-13-9-14(21)19(6-3-7-20)15(22)18(13)2/h4-5,8-10,20H,3,6-7H2,1-2H3. The first-order valence-electron chi connectivity index (χ1n) is 7.06. The lowest BCUT2D eigenvalue weighted by atomic mass is 10.4. The van der Waals surface area contributed by atoms with E-state index in [0.29, 0.717) is 12.2 Å². The molecule has 2 aromatic heterocycles. The van der Waals surface area contributed by atoms with Crippen molar-refractivity contribution in [3.05, 3.63) is 50.9 Å². The van der Waals surface area contributed by atoms with Gasteiger partial charge in [-0.25, -0.2) is 9.79 Å². The lowest BCUT2D eigenvalue weighted by molar-refractivity contribution is 0.277. The van der Waals surface area contributed by atoms with E-state index in [1.54, 1.807) is 18.3 Å². The number of nitrogens with zero attached hydrogens (tertiary/aromatic N) is 4. The second kappa shape index (κ2) is 7.50. The Morgan fingerprint density at radius 2 is 2.17 bits per heavy atom. The highest BCUT2D eigenvalue weighted by atomic mass is 16.5. The van der Waals surface area contributed by atoms with Crippen LogP contribution in [0.2, 0.25) is 0 Å². The number of aliphatic imine (C=N–C) groups is 1. The van der Waals surface area contributed by atoms with Gasteiger partial charge in [-0.2, -0.15) is 0 Å². The Hall–Kier alpha value is -2.74. The van der Waals surface area contributed by atoms with Crippen LogP contribution in [0.3, 0.4) is 0 Å². The molecule has 0 spiro atoms. The van der Waals surface area contributed by atoms with E-state index in [2.05, 4.69) is 9.98 Å². The molecule has 0 bridgehead atoms. The SMILES string of the molecule is Cc1cc(OC=Nc2cc(=O)n(CCCO)c(=O)n2C)ccn1. The number of aliphatic hydroxyl groups excluding tert-OH is 1. The Morgan fingerprint density at radius 3 is 2.87 bits per heavy atom. The molecule has 2 aromatic rings. The minimum Gasteiger partial charge on any atom is -0.446 e. The van der Waals surface area contributed by atoms with Gasteiger partial charge in [-0.05, 0) is 19.4 Å². The molecular formula is C15H18N4O4. The van der Waals surface area contributed by atoms with Gasteiger partial charge in [0.05, 0.1) is 0 Å². The van der Waals surface area contributed by atoms with Crippen molar-refractivity contribution in [1.82, 2.24) is 14.1 Å². The van der Waals surface area contributed by atoms with Gasteiger partial charge in [-0.1, -0.05) is 0 Å². The van der Waals surface area contributed by atoms with Crippen LogP contribution in [-0.4, -0.2) is 32.2 Å². The third kappa shape index (κ3) is 4.13. The Morgan fingerprint density at radius 1 is 1.39 bits per heavy atom. The molecule has 0 saturated heterocycles. The zero-order chi connectivity index (χ0) is 16.8. The lowest BCUT2D eigenvalue weighted by Crippen LogP contribution is -2.38. The highest BCUT2D eigenvalue weighted by Gasteiger charge is 2.07. The van der Waals surface area contributed by atoms with Crippen molar-refractivity contribution in [2.75, 3.05) is 6.61 Å². The average molecular weight is 318 g/mol. The highest BCUT2D eigenvalue weighted by Crippen LogP contribution is 2.10. The molecule has 0 aromatic carbocycles. The van der Waals surface area contributed by atoms with E-state index in [-0.39, 0.29) is 19.0 Å². The van der Waals surface area contributed by atoms with Gasteiger partial charge < -0.3 is 9.84 Å². The van der Waals surface area contributed by atoms with Crippen molar-refractivity contribution in [3.63, 3.8) is 0 Å². The van der Waals surface area contributed by atoms with Gasteiger partial charge >= 0.3 is 5.69 Å². The van der Waals surface area contributed by atoms with Crippen LogP contribution >= 0.6 is 0 Å². The number of aryl methyl sites for hydroxylation is 1. The van der Waals surface area contributed by atoms with Crippen LogP contribution in [0.5, 0.6) is 5.75 Å². The molecule has 0 fully saturated rings. The van der Waals surface area contributed by atoms with Crippen LogP contribution in [0.4, 0.5) is 5.82 Å². The van der Waals surface area contributed by atoms with Crippen LogP contribution in [0.1, 0.15) is 12.1 Å². The lowest BCUT2D eigenvalue weighted by Gasteiger charge is -2.08. The zero-order valence-corrected chi connectivity index (χ0v) is 13.0. The smallest absolute Gasteiger partial charge is 0.332 e. The molecule has 8 heteroatoms. The van der Waals surface area contributed by atoms with Gasteiger partial charge in [-0.3, -0.25) is 18.9 Å². The molecule has 2 rings (SSSR count). The fourth-order valence-electron chi connectivity index (χ4n) is 1.95. The van der Waals surface area contributed by atoms with Crippen molar-refractivity contribution in [2.24, 2.45) is 12.0 Å². The largest absolute Gasteiger partial charge is 0.446 e. The Bertz CT molecular complexity index is 823. The Labute approximate surface area is 132 Å². The molecule has 0 amide bonds. The van der Waals surface area contributed by atoms with Crippen molar-refractivity contribution in [2.45, 2.75) is 19.9 Å². The van der Waals surface area contributed by atoms with Crippen LogP contribution in [-0.2, 0) is 13.6 Å².